The quantitative estimate of drug-likeness (QED) is 0.599. The molecule has 27 heavy (non-hydrogen) atoms. The lowest BCUT2D eigenvalue weighted by molar-refractivity contribution is 0.284. The highest BCUT2D eigenvalue weighted by atomic mass is 35.5. The van der Waals surface area contributed by atoms with Crippen LogP contribution in [0.5, 0.6) is 11.5 Å². The van der Waals surface area contributed by atoms with E-state index < -0.39 is 0 Å². The average molecular weight is 388 g/mol. The van der Waals surface area contributed by atoms with Gasteiger partial charge in [0.15, 0.2) is 11.5 Å². The minimum Gasteiger partial charge on any atom is -0.493 e. The lowest BCUT2D eigenvalue weighted by atomic mass is 10.2. The number of nitrogens with zero attached hydrogens (tertiary/aromatic N) is 4. The molecule has 0 aliphatic rings. The zero-order chi connectivity index (χ0) is 19.1. The van der Waals surface area contributed by atoms with Crippen molar-refractivity contribution in [1.29, 1.82) is 0 Å². The van der Waals surface area contributed by atoms with Crippen molar-refractivity contribution in [2.24, 2.45) is 0 Å². The molecule has 7 nitrogen and oxygen atoms in total. The molecule has 8 heteroatoms. The Balaban J connectivity index is 1.63. The van der Waals surface area contributed by atoms with E-state index in [9.17, 15) is 0 Å². The summed E-state index contributed by atoms with van der Waals surface area (Å²) in [5, 5.41) is 15.6. The summed E-state index contributed by atoms with van der Waals surface area (Å²) in [7, 11) is 1.63. The van der Waals surface area contributed by atoms with Crippen molar-refractivity contribution in [2.45, 2.75) is 33.0 Å². The van der Waals surface area contributed by atoms with E-state index in [0.717, 1.165) is 24.1 Å². The second kappa shape index (κ2) is 9.23. The minimum atomic E-state index is 0.441. The number of aromatic nitrogens is 4. The summed E-state index contributed by atoms with van der Waals surface area (Å²) in [5.41, 5.74) is 2.08. The van der Waals surface area contributed by atoms with Gasteiger partial charge < -0.3 is 14.8 Å². The Morgan fingerprint density at radius 3 is 2.59 bits per heavy atom. The SMILES string of the molecule is CCCn1nnnc1NCc1ccc(OCc2ccc(Cl)cc2)c(OC)c1. The summed E-state index contributed by atoms with van der Waals surface area (Å²) in [6.07, 6.45) is 0.965. The lowest BCUT2D eigenvalue weighted by Gasteiger charge is -2.13. The molecule has 3 rings (SSSR count). The third-order valence-corrected chi connectivity index (χ3v) is 4.21. The van der Waals surface area contributed by atoms with Gasteiger partial charge in [0.05, 0.1) is 7.11 Å². The molecule has 142 valence electrons. The minimum absolute atomic E-state index is 0.441. The second-order valence-electron chi connectivity index (χ2n) is 5.98. The summed E-state index contributed by atoms with van der Waals surface area (Å²) in [5.74, 6) is 2.02. The first-order valence-corrected chi connectivity index (χ1v) is 9.11. The molecule has 1 N–H and O–H groups in total. The lowest BCUT2D eigenvalue weighted by Crippen LogP contribution is -2.09. The predicted octanol–water partition coefficient (Wildman–Crippen LogP) is 3.94. The highest BCUT2D eigenvalue weighted by Gasteiger charge is 2.09. The van der Waals surface area contributed by atoms with Crippen molar-refractivity contribution in [3.63, 3.8) is 0 Å². The van der Waals surface area contributed by atoms with E-state index in [4.69, 9.17) is 21.1 Å². The molecule has 0 radical (unpaired) electrons. The zero-order valence-electron chi connectivity index (χ0n) is 15.4. The monoisotopic (exact) mass is 387 g/mol. The number of tetrazole rings is 1. The van der Waals surface area contributed by atoms with Crippen LogP contribution in [0.3, 0.4) is 0 Å². The third kappa shape index (κ3) is 5.10. The van der Waals surface area contributed by atoms with Gasteiger partial charge in [0.1, 0.15) is 6.61 Å². The zero-order valence-corrected chi connectivity index (χ0v) is 16.1. The van der Waals surface area contributed by atoms with Gasteiger partial charge in [-0.3, -0.25) is 0 Å². The maximum Gasteiger partial charge on any atom is 0.243 e. The molecule has 3 aromatic rings. The summed E-state index contributed by atoms with van der Waals surface area (Å²) >= 11 is 5.91. The molecule has 1 aromatic heterocycles. The van der Waals surface area contributed by atoms with Crippen LogP contribution in [0.15, 0.2) is 42.5 Å². The first kappa shape index (κ1) is 19.0. The van der Waals surface area contributed by atoms with Gasteiger partial charge in [0.2, 0.25) is 5.95 Å². The number of nitrogens with one attached hydrogen (secondary N) is 1. The van der Waals surface area contributed by atoms with Crippen LogP contribution in [0.1, 0.15) is 24.5 Å². The van der Waals surface area contributed by atoms with E-state index in [-0.39, 0.29) is 0 Å². The molecule has 0 unspecified atom stereocenters. The van der Waals surface area contributed by atoms with Gasteiger partial charge in [-0.25, -0.2) is 4.68 Å². The van der Waals surface area contributed by atoms with E-state index in [2.05, 4.69) is 27.8 Å². The van der Waals surface area contributed by atoms with E-state index in [1.54, 1.807) is 11.8 Å². The van der Waals surface area contributed by atoms with Gasteiger partial charge in [-0.1, -0.05) is 41.8 Å². The molecule has 0 bridgehead atoms. The highest BCUT2D eigenvalue weighted by Crippen LogP contribution is 2.29. The number of methoxy groups -OCH3 is 1. The molecule has 0 atom stereocenters. The molecule has 0 saturated heterocycles. The molecule has 0 fully saturated rings. The van der Waals surface area contributed by atoms with Crippen molar-refractivity contribution in [1.82, 2.24) is 20.2 Å². The number of rotatable bonds is 9. The Morgan fingerprint density at radius 1 is 1.07 bits per heavy atom. The molecular weight excluding hydrogens is 366 g/mol. The summed E-state index contributed by atoms with van der Waals surface area (Å²) in [4.78, 5) is 0. The van der Waals surface area contributed by atoms with E-state index in [1.165, 1.54) is 0 Å². The number of hydrogen-bond acceptors (Lipinski definition) is 6. The standard InChI is InChI=1S/C19H22ClN5O2/c1-3-10-25-19(22-23-24-25)21-12-15-6-9-17(18(11-15)26-2)27-13-14-4-7-16(20)8-5-14/h4-9,11H,3,10,12-13H2,1-2H3,(H,21,22,24). The number of anilines is 1. The third-order valence-electron chi connectivity index (χ3n) is 3.95. The Hall–Kier alpha value is -2.80. The summed E-state index contributed by atoms with van der Waals surface area (Å²) in [6.45, 7) is 3.88. The highest BCUT2D eigenvalue weighted by molar-refractivity contribution is 6.30. The van der Waals surface area contributed by atoms with Crippen LogP contribution >= 0.6 is 11.6 Å². The Bertz CT molecular complexity index is 867. The molecule has 0 saturated carbocycles. The van der Waals surface area contributed by atoms with Gasteiger partial charge in [-0.15, -0.1) is 0 Å². The van der Waals surface area contributed by atoms with Gasteiger partial charge in [-0.05, 0) is 52.2 Å². The fourth-order valence-corrected chi connectivity index (χ4v) is 2.68. The molecule has 0 aliphatic heterocycles. The van der Waals surface area contributed by atoms with Crippen LogP contribution in [-0.2, 0) is 19.7 Å². The molecule has 1 heterocycles. The average Bonchev–Trinajstić information content (AvgIpc) is 3.13. The van der Waals surface area contributed by atoms with Crippen molar-refractivity contribution < 1.29 is 9.47 Å². The van der Waals surface area contributed by atoms with Crippen molar-refractivity contribution >= 4 is 17.5 Å². The van der Waals surface area contributed by atoms with Gasteiger partial charge in [0.25, 0.3) is 0 Å². The Kier molecular flexibility index (Phi) is 6.49. The maximum atomic E-state index is 5.91. The van der Waals surface area contributed by atoms with Crippen molar-refractivity contribution in [3.8, 4) is 11.5 Å². The molecule has 0 aliphatic carbocycles. The first-order chi connectivity index (χ1) is 13.2. The fraction of sp³-hybridized carbons (Fsp3) is 0.316. The summed E-state index contributed by atoms with van der Waals surface area (Å²) in [6, 6.07) is 13.4. The smallest absolute Gasteiger partial charge is 0.243 e. The van der Waals surface area contributed by atoms with Gasteiger partial charge in [0, 0.05) is 18.1 Å². The van der Waals surface area contributed by atoms with Crippen molar-refractivity contribution in [3.05, 3.63) is 58.6 Å². The van der Waals surface area contributed by atoms with E-state index in [1.807, 2.05) is 42.5 Å². The molecular formula is C19H22ClN5O2. The Labute approximate surface area is 163 Å². The van der Waals surface area contributed by atoms with Gasteiger partial charge >= 0.3 is 0 Å². The predicted molar refractivity (Wildman–Crippen MR) is 104 cm³/mol. The molecule has 0 spiro atoms. The normalized spacial score (nSPS) is 10.6. The fourth-order valence-electron chi connectivity index (χ4n) is 2.56. The number of hydrogen-bond donors (Lipinski definition) is 1. The van der Waals surface area contributed by atoms with Crippen LogP contribution in [0, 0.1) is 0 Å². The van der Waals surface area contributed by atoms with Crippen LogP contribution in [0.4, 0.5) is 5.95 Å². The first-order valence-electron chi connectivity index (χ1n) is 8.73. The Morgan fingerprint density at radius 2 is 1.85 bits per heavy atom. The van der Waals surface area contributed by atoms with Crippen LogP contribution < -0.4 is 14.8 Å². The van der Waals surface area contributed by atoms with Crippen LogP contribution in [-0.4, -0.2) is 27.3 Å². The van der Waals surface area contributed by atoms with E-state index >= 15 is 0 Å². The molecule has 0 amide bonds. The molecule has 2 aromatic carbocycles. The number of ether oxygens (including phenoxy) is 2. The van der Waals surface area contributed by atoms with Crippen LogP contribution in [0.2, 0.25) is 5.02 Å². The van der Waals surface area contributed by atoms with Crippen LogP contribution in [0.25, 0.3) is 0 Å². The van der Waals surface area contributed by atoms with Crippen molar-refractivity contribution in [2.75, 3.05) is 12.4 Å². The topological polar surface area (TPSA) is 74.1 Å². The second-order valence-corrected chi connectivity index (χ2v) is 6.42. The number of halogens is 1. The number of benzene rings is 2. The maximum absolute atomic E-state index is 5.91. The van der Waals surface area contributed by atoms with E-state index in [0.29, 0.717) is 35.6 Å². The largest absolute Gasteiger partial charge is 0.493 e. The number of aryl methyl sites for hydroxylation is 1. The van der Waals surface area contributed by atoms with Gasteiger partial charge in [-0.2, -0.15) is 0 Å². The summed E-state index contributed by atoms with van der Waals surface area (Å²) < 4.78 is 13.1.